The number of carbonyl (C=O) groups excluding carboxylic acids is 1. The Morgan fingerprint density at radius 1 is 1.21 bits per heavy atom. The van der Waals surface area contributed by atoms with Crippen LogP contribution in [0.1, 0.15) is 33.7 Å². The van der Waals surface area contributed by atoms with Crippen molar-refractivity contribution in [2.45, 2.75) is 24.8 Å². The fourth-order valence-electron chi connectivity index (χ4n) is 2.84. The number of benzene rings is 1. The number of ketones is 1. The van der Waals surface area contributed by atoms with Crippen molar-refractivity contribution in [2.75, 3.05) is 13.2 Å². The number of aliphatic imine (C=N–C) groups is 1. The molecule has 1 aliphatic rings. The van der Waals surface area contributed by atoms with Crippen LogP contribution in [0.3, 0.4) is 0 Å². The third kappa shape index (κ3) is 4.01. The minimum atomic E-state index is -2.87. The minimum Gasteiger partial charge on any atom is -0.385 e. The maximum atomic E-state index is 13.8. The van der Waals surface area contributed by atoms with E-state index in [-0.39, 0.29) is 36.7 Å². The summed E-state index contributed by atoms with van der Waals surface area (Å²) in [6, 6.07) is 5.99. The van der Waals surface area contributed by atoms with Gasteiger partial charge in [0.05, 0.1) is 19.0 Å². The molecule has 28 heavy (non-hydrogen) atoms. The first-order chi connectivity index (χ1) is 13.3. The van der Waals surface area contributed by atoms with E-state index in [0.29, 0.717) is 5.56 Å². The summed E-state index contributed by atoms with van der Waals surface area (Å²) in [5, 5.41) is 0. The summed E-state index contributed by atoms with van der Waals surface area (Å²) in [5.41, 5.74) is 3.60. The van der Waals surface area contributed by atoms with Gasteiger partial charge in [-0.25, -0.2) is 22.5 Å². The van der Waals surface area contributed by atoms with Gasteiger partial charge >= 0.3 is 0 Å². The molecule has 0 spiro atoms. The molecule has 0 saturated carbocycles. The molecule has 148 valence electrons. The van der Waals surface area contributed by atoms with E-state index in [2.05, 4.69) is 15.0 Å². The molecule has 0 bridgehead atoms. The monoisotopic (exact) mass is 396 g/mol. The first-order valence-electron chi connectivity index (χ1n) is 8.24. The highest BCUT2D eigenvalue weighted by Crippen LogP contribution is 2.35. The molecule has 1 aromatic carbocycles. The molecular weight excluding hydrogens is 380 g/mol. The number of halogens is 4. The van der Waals surface area contributed by atoms with Gasteiger partial charge in [-0.3, -0.25) is 14.8 Å². The van der Waals surface area contributed by atoms with Crippen LogP contribution < -0.4 is 5.73 Å². The molecule has 1 aliphatic heterocycles. The second-order valence-corrected chi connectivity index (χ2v) is 6.25. The maximum Gasteiger partial charge on any atom is 0.281 e. The van der Waals surface area contributed by atoms with Gasteiger partial charge in [0.25, 0.3) is 12.9 Å². The van der Waals surface area contributed by atoms with Gasteiger partial charge in [-0.15, -0.1) is 0 Å². The Kier molecular flexibility index (Phi) is 5.68. The molecule has 6 nitrogen and oxygen atoms in total. The first kappa shape index (κ1) is 19.9. The second-order valence-electron chi connectivity index (χ2n) is 6.25. The number of carbonyl (C=O) groups is 1. The normalized spacial score (nSPS) is 19.7. The van der Waals surface area contributed by atoms with Crippen molar-refractivity contribution in [1.82, 2.24) is 9.97 Å². The van der Waals surface area contributed by atoms with Crippen molar-refractivity contribution < 1.29 is 27.1 Å². The lowest BCUT2D eigenvalue weighted by Crippen LogP contribution is -2.44. The summed E-state index contributed by atoms with van der Waals surface area (Å²) in [6.07, 6.45) is -4.03. The molecular formula is C18H16F4N4O2. The van der Waals surface area contributed by atoms with Crippen LogP contribution >= 0.6 is 0 Å². The number of nitrogens with zero attached hydrogens (tertiary/aromatic N) is 3. The van der Waals surface area contributed by atoms with E-state index in [1.807, 2.05) is 0 Å². The van der Waals surface area contributed by atoms with Crippen molar-refractivity contribution in [3.05, 3.63) is 59.2 Å². The third-order valence-corrected chi connectivity index (χ3v) is 4.25. The SMILES string of the molecule is NC1=NC(c2cccc(CC(=O)c3cnc(C(F)F)cn3)c2)(C(F)F)COC1. The van der Waals surface area contributed by atoms with Gasteiger partial charge in [-0.2, -0.15) is 0 Å². The maximum absolute atomic E-state index is 13.8. The Balaban J connectivity index is 1.85. The van der Waals surface area contributed by atoms with Gasteiger partial charge in [0.2, 0.25) is 0 Å². The molecule has 0 aliphatic carbocycles. The molecule has 1 aromatic heterocycles. The van der Waals surface area contributed by atoms with Crippen LogP contribution in [0.25, 0.3) is 0 Å². The summed E-state index contributed by atoms with van der Waals surface area (Å²) in [4.78, 5) is 23.5. The third-order valence-electron chi connectivity index (χ3n) is 4.25. The van der Waals surface area contributed by atoms with E-state index in [1.165, 1.54) is 18.2 Å². The first-order valence-corrected chi connectivity index (χ1v) is 8.24. The standard InChI is InChI=1S/C18H16F4N4O2/c19-16(20)13-7-24-12(6-25-13)14(27)5-10-2-1-3-11(4-10)18(17(21)22)9-28-8-15(23)26-18/h1-4,6-7,16-17H,5,8-9H2,(H2,23,26). The van der Waals surface area contributed by atoms with Crippen molar-refractivity contribution >= 4 is 11.6 Å². The van der Waals surface area contributed by atoms with Gasteiger partial charge in [0.1, 0.15) is 23.8 Å². The van der Waals surface area contributed by atoms with Gasteiger partial charge < -0.3 is 10.5 Å². The number of nitrogens with two attached hydrogens (primary N) is 1. The van der Waals surface area contributed by atoms with E-state index in [9.17, 15) is 22.4 Å². The Hall–Kier alpha value is -2.88. The Bertz CT molecular complexity index is 889. The van der Waals surface area contributed by atoms with E-state index >= 15 is 0 Å². The Morgan fingerprint density at radius 2 is 2.00 bits per heavy atom. The van der Waals surface area contributed by atoms with Crippen molar-refractivity contribution in [2.24, 2.45) is 10.7 Å². The number of hydrogen-bond acceptors (Lipinski definition) is 6. The van der Waals surface area contributed by atoms with Crippen LogP contribution in [0, 0.1) is 0 Å². The van der Waals surface area contributed by atoms with Crippen LogP contribution in [0.5, 0.6) is 0 Å². The van der Waals surface area contributed by atoms with Crippen LogP contribution in [0.4, 0.5) is 17.6 Å². The summed E-state index contributed by atoms with van der Waals surface area (Å²) < 4.78 is 57.8. The fraction of sp³-hybridized carbons (Fsp3) is 0.333. The van der Waals surface area contributed by atoms with Gasteiger partial charge in [0.15, 0.2) is 11.3 Å². The number of aromatic nitrogens is 2. The van der Waals surface area contributed by atoms with Crippen LogP contribution in [-0.4, -0.2) is 41.2 Å². The average molecular weight is 396 g/mol. The van der Waals surface area contributed by atoms with Crippen LogP contribution in [0.2, 0.25) is 0 Å². The van der Waals surface area contributed by atoms with Gasteiger partial charge in [-0.05, 0) is 11.1 Å². The molecule has 10 heteroatoms. The fourth-order valence-corrected chi connectivity index (χ4v) is 2.84. The number of amidine groups is 1. The van der Waals surface area contributed by atoms with E-state index < -0.39 is 29.9 Å². The summed E-state index contributed by atoms with van der Waals surface area (Å²) in [6.45, 7) is -0.372. The van der Waals surface area contributed by atoms with E-state index in [4.69, 9.17) is 10.5 Å². The Labute approximate surface area is 157 Å². The quantitative estimate of drug-likeness (QED) is 0.599. The van der Waals surface area contributed by atoms with Gasteiger partial charge in [-0.1, -0.05) is 24.3 Å². The zero-order chi connectivity index (χ0) is 20.3. The number of alkyl halides is 4. The largest absolute Gasteiger partial charge is 0.385 e. The molecule has 1 unspecified atom stereocenters. The highest BCUT2D eigenvalue weighted by Gasteiger charge is 2.44. The van der Waals surface area contributed by atoms with E-state index in [0.717, 1.165) is 12.4 Å². The van der Waals surface area contributed by atoms with Gasteiger partial charge in [0, 0.05) is 6.42 Å². The molecule has 0 fully saturated rings. The highest BCUT2D eigenvalue weighted by atomic mass is 19.3. The number of Topliss-reactive ketones (excluding diaryl/α,β-unsaturated/α-hetero) is 1. The molecule has 0 amide bonds. The number of ether oxygens (including phenoxy) is 1. The predicted molar refractivity (Wildman–Crippen MR) is 91.6 cm³/mol. The summed E-state index contributed by atoms with van der Waals surface area (Å²) in [7, 11) is 0. The lowest BCUT2D eigenvalue weighted by Gasteiger charge is -2.33. The summed E-state index contributed by atoms with van der Waals surface area (Å²) in [5.74, 6) is -0.526. The molecule has 2 heterocycles. The molecule has 2 aromatic rings. The predicted octanol–water partition coefficient (Wildman–Crippen LogP) is 2.69. The zero-order valence-corrected chi connectivity index (χ0v) is 14.5. The second kappa shape index (κ2) is 8.01. The van der Waals surface area contributed by atoms with Crippen molar-refractivity contribution in [1.29, 1.82) is 0 Å². The Morgan fingerprint density at radius 3 is 2.61 bits per heavy atom. The van der Waals surface area contributed by atoms with Crippen LogP contribution in [0.15, 0.2) is 41.7 Å². The summed E-state index contributed by atoms with van der Waals surface area (Å²) >= 11 is 0. The van der Waals surface area contributed by atoms with Crippen LogP contribution in [-0.2, 0) is 16.7 Å². The molecule has 2 N–H and O–H groups in total. The molecule has 0 saturated heterocycles. The lowest BCUT2D eigenvalue weighted by atomic mass is 9.89. The number of hydrogen-bond donors (Lipinski definition) is 1. The lowest BCUT2D eigenvalue weighted by molar-refractivity contribution is -0.0129. The minimum absolute atomic E-state index is 0.0278. The van der Waals surface area contributed by atoms with Crippen molar-refractivity contribution in [3.8, 4) is 0 Å². The number of rotatable bonds is 6. The average Bonchev–Trinajstić information content (AvgIpc) is 2.68. The molecule has 1 atom stereocenters. The molecule has 0 radical (unpaired) electrons. The zero-order valence-electron chi connectivity index (χ0n) is 14.5. The van der Waals surface area contributed by atoms with E-state index in [1.54, 1.807) is 6.07 Å². The smallest absolute Gasteiger partial charge is 0.281 e. The highest BCUT2D eigenvalue weighted by molar-refractivity contribution is 5.95. The topological polar surface area (TPSA) is 90.5 Å². The van der Waals surface area contributed by atoms with Crippen molar-refractivity contribution in [3.63, 3.8) is 0 Å². The molecule has 3 rings (SSSR count).